The van der Waals surface area contributed by atoms with Gasteiger partial charge in [-0.3, -0.25) is 0 Å². The Labute approximate surface area is 105 Å². The summed E-state index contributed by atoms with van der Waals surface area (Å²) in [5, 5.41) is 0. The number of nitrogens with zero attached hydrogens (tertiary/aromatic N) is 1. The fourth-order valence-electron chi connectivity index (χ4n) is 1.64. The first-order valence-electron chi connectivity index (χ1n) is 5.64. The molecule has 0 N–H and O–H groups in total. The van der Waals surface area contributed by atoms with Gasteiger partial charge in [-0.25, -0.2) is 12.7 Å². The third kappa shape index (κ3) is 3.82. The molecule has 1 aromatic carbocycles. The Morgan fingerprint density at radius 2 is 1.76 bits per heavy atom. The van der Waals surface area contributed by atoms with Crippen molar-refractivity contribution in [3.05, 3.63) is 29.8 Å². The molecule has 96 valence electrons. The molecule has 4 heteroatoms. The van der Waals surface area contributed by atoms with Crippen molar-refractivity contribution in [2.75, 3.05) is 14.1 Å². The largest absolute Gasteiger partial charge is 0.242 e. The van der Waals surface area contributed by atoms with E-state index in [0.29, 0.717) is 4.90 Å². The molecule has 0 atom stereocenters. The topological polar surface area (TPSA) is 37.4 Å². The summed E-state index contributed by atoms with van der Waals surface area (Å²) >= 11 is 0. The van der Waals surface area contributed by atoms with Gasteiger partial charge in [0.2, 0.25) is 10.0 Å². The van der Waals surface area contributed by atoms with E-state index in [1.54, 1.807) is 32.3 Å². The zero-order valence-electron chi connectivity index (χ0n) is 11.2. The molecule has 17 heavy (non-hydrogen) atoms. The summed E-state index contributed by atoms with van der Waals surface area (Å²) in [6.07, 6.45) is 0.865. The Hall–Kier alpha value is -0.870. The van der Waals surface area contributed by atoms with Crippen LogP contribution in [-0.2, 0) is 16.4 Å². The average Bonchev–Trinajstić information content (AvgIpc) is 2.15. The van der Waals surface area contributed by atoms with Gasteiger partial charge in [0.25, 0.3) is 0 Å². The summed E-state index contributed by atoms with van der Waals surface area (Å²) in [5.41, 5.74) is 1.21. The van der Waals surface area contributed by atoms with Crippen LogP contribution in [0.2, 0.25) is 0 Å². The zero-order chi connectivity index (χ0) is 13.3. The quantitative estimate of drug-likeness (QED) is 0.832. The lowest BCUT2D eigenvalue weighted by molar-refractivity contribution is 0.411. The molecule has 0 aromatic heterocycles. The normalized spacial score (nSPS) is 13.1. The van der Waals surface area contributed by atoms with Crippen LogP contribution < -0.4 is 0 Å². The second kappa shape index (κ2) is 4.78. The Morgan fingerprint density at radius 1 is 1.18 bits per heavy atom. The molecule has 1 rings (SSSR count). The molecule has 3 nitrogen and oxygen atoms in total. The molecule has 0 heterocycles. The molecular weight excluding hydrogens is 234 g/mol. The van der Waals surface area contributed by atoms with Gasteiger partial charge in [0.1, 0.15) is 0 Å². The summed E-state index contributed by atoms with van der Waals surface area (Å²) in [4.78, 5) is 0.365. The van der Waals surface area contributed by atoms with Crippen molar-refractivity contribution in [2.45, 2.75) is 32.1 Å². The molecule has 0 spiro atoms. The highest BCUT2D eigenvalue weighted by Crippen LogP contribution is 2.23. The first-order chi connectivity index (χ1) is 7.63. The second-order valence-corrected chi connectivity index (χ2v) is 7.82. The van der Waals surface area contributed by atoms with E-state index in [1.165, 1.54) is 4.31 Å². The molecule has 0 saturated carbocycles. The highest BCUT2D eigenvalue weighted by molar-refractivity contribution is 7.89. The Kier molecular flexibility index (Phi) is 3.99. The molecule has 0 fully saturated rings. The summed E-state index contributed by atoms with van der Waals surface area (Å²) in [7, 11) is -0.227. The van der Waals surface area contributed by atoms with Crippen molar-refractivity contribution in [1.82, 2.24) is 4.31 Å². The number of benzene rings is 1. The minimum atomic E-state index is -3.32. The summed E-state index contributed by atoms with van der Waals surface area (Å²) in [6, 6.07) is 7.18. The molecule has 1 aromatic rings. The van der Waals surface area contributed by atoms with E-state index >= 15 is 0 Å². The van der Waals surface area contributed by atoms with Crippen molar-refractivity contribution < 1.29 is 8.42 Å². The Balaban J connectivity index is 3.11. The van der Waals surface area contributed by atoms with Crippen molar-refractivity contribution in [3.8, 4) is 0 Å². The van der Waals surface area contributed by atoms with Gasteiger partial charge >= 0.3 is 0 Å². The van der Waals surface area contributed by atoms with Crippen molar-refractivity contribution in [2.24, 2.45) is 5.41 Å². The predicted octanol–water partition coefficient (Wildman–Crippen LogP) is 2.53. The number of hydrogen-bond acceptors (Lipinski definition) is 2. The molecule has 0 aliphatic heterocycles. The van der Waals surface area contributed by atoms with E-state index in [1.807, 2.05) is 6.07 Å². The molecule has 0 radical (unpaired) electrons. The van der Waals surface area contributed by atoms with E-state index in [0.717, 1.165) is 12.0 Å². The SMILES string of the molecule is CN(C)S(=O)(=O)c1cccc(CC(C)(C)C)c1. The third-order valence-electron chi connectivity index (χ3n) is 2.41. The van der Waals surface area contributed by atoms with Gasteiger partial charge in [0, 0.05) is 14.1 Å². The maximum atomic E-state index is 12.0. The average molecular weight is 255 g/mol. The van der Waals surface area contributed by atoms with E-state index in [2.05, 4.69) is 20.8 Å². The van der Waals surface area contributed by atoms with Gasteiger partial charge in [-0.1, -0.05) is 32.9 Å². The standard InChI is InChI=1S/C13H21NO2S/c1-13(2,3)10-11-7-6-8-12(9-11)17(15,16)14(4)5/h6-9H,10H2,1-5H3. The second-order valence-electron chi connectivity index (χ2n) is 5.67. The maximum absolute atomic E-state index is 12.0. The Morgan fingerprint density at radius 3 is 2.24 bits per heavy atom. The monoisotopic (exact) mass is 255 g/mol. The van der Waals surface area contributed by atoms with Crippen molar-refractivity contribution >= 4 is 10.0 Å². The molecule has 0 bridgehead atoms. The van der Waals surface area contributed by atoms with Gasteiger partial charge in [-0.2, -0.15) is 0 Å². The van der Waals surface area contributed by atoms with Gasteiger partial charge in [-0.15, -0.1) is 0 Å². The van der Waals surface area contributed by atoms with Gasteiger partial charge in [-0.05, 0) is 29.5 Å². The molecule has 0 amide bonds. The highest BCUT2D eigenvalue weighted by atomic mass is 32.2. The first kappa shape index (κ1) is 14.2. The Bertz CT molecular complexity index is 484. The van der Waals surface area contributed by atoms with Crippen LogP contribution in [-0.4, -0.2) is 26.8 Å². The van der Waals surface area contributed by atoms with Crippen LogP contribution in [0.25, 0.3) is 0 Å². The first-order valence-corrected chi connectivity index (χ1v) is 7.08. The molecule has 0 aliphatic rings. The van der Waals surface area contributed by atoms with E-state index < -0.39 is 10.0 Å². The van der Waals surface area contributed by atoms with Crippen molar-refractivity contribution in [3.63, 3.8) is 0 Å². The van der Waals surface area contributed by atoms with E-state index in [9.17, 15) is 8.42 Å². The lowest BCUT2D eigenvalue weighted by Gasteiger charge is -2.19. The van der Waals surface area contributed by atoms with Crippen LogP contribution >= 0.6 is 0 Å². The summed E-state index contributed by atoms with van der Waals surface area (Å²) in [6.45, 7) is 6.42. The lowest BCUT2D eigenvalue weighted by atomic mass is 9.88. The van der Waals surface area contributed by atoms with Gasteiger partial charge < -0.3 is 0 Å². The van der Waals surface area contributed by atoms with Crippen molar-refractivity contribution in [1.29, 1.82) is 0 Å². The van der Waals surface area contributed by atoms with Crippen LogP contribution in [0.4, 0.5) is 0 Å². The maximum Gasteiger partial charge on any atom is 0.242 e. The zero-order valence-corrected chi connectivity index (χ0v) is 12.0. The fourth-order valence-corrected chi connectivity index (χ4v) is 2.61. The summed E-state index contributed by atoms with van der Waals surface area (Å²) < 4.78 is 25.2. The highest BCUT2D eigenvalue weighted by Gasteiger charge is 2.18. The molecule has 0 saturated heterocycles. The van der Waals surface area contributed by atoms with Crippen LogP contribution in [0.5, 0.6) is 0 Å². The molecule has 0 unspecified atom stereocenters. The van der Waals surface area contributed by atoms with Crippen LogP contribution in [0.1, 0.15) is 26.3 Å². The molecule has 0 aliphatic carbocycles. The minimum absolute atomic E-state index is 0.153. The van der Waals surface area contributed by atoms with Crippen LogP contribution in [0.15, 0.2) is 29.2 Å². The number of sulfonamides is 1. The van der Waals surface area contributed by atoms with Gasteiger partial charge in [0.15, 0.2) is 0 Å². The van der Waals surface area contributed by atoms with Gasteiger partial charge in [0.05, 0.1) is 4.90 Å². The molecular formula is C13H21NO2S. The van der Waals surface area contributed by atoms with E-state index in [-0.39, 0.29) is 5.41 Å². The third-order valence-corrected chi connectivity index (χ3v) is 4.22. The fraction of sp³-hybridized carbons (Fsp3) is 0.538. The smallest absolute Gasteiger partial charge is 0.207 e. The number of rotatable bonds is 3. The van der Waals surface area contributed by atoms with Crippen LogP contribution in [0.3, 0.4) is 0 Å². The predicted molar refractivity (Wildman–Crippen MR) is 70.5 cm³/mol. The van der Waals surface area contributed by atoms with E-state index in [4.69, 9.17) is 0 Å². The number of hydrogen-bond donors (Lipinski definition) is 0. The lowest BCUT2D eigenvalue weighted by Crippen LogP contribution is -2.22. The minimum Gasteiger partial charge on any atom is -0.207 e. The van der Waals surface area contributed by atoms with Crippen LogP contribution in [0, 0.1) is 5.41 Å². The summed E-state index contributed by atoms with van der Waals surface area (Å²) in [5.74, 6) is 0.